The number of halogens is 4. The van der Waals surface area contributed by atoms with Gasteiger partial charge in [-0.05, 0) is 59.2 Å². The molecule has 1 aliphatic rings. The van der Waals surface area contributed by atoms with Gasteiger partial charge in [-0.3, -0.25) is 14.7 Å². The molecule has 7 rings (SSSR count). The van der Waals surface area contributed by atoms with Crippen molar-refractivity contribution < 1.29 is 22.4 Å². The van der Waals surface area contributed by atoms with Gasteiger partial charge in [0.1, 0.15) is 11.4 Å². The molecule has 2 aromatic heterocycles. The van der Waals surface area contributed by atoms with Crippen LogP contribution in [0.1, 0.15) is 66.0 Å². The first-order valence-electron chi connectivity index (χ1n) is 16.4. The lowest BCUT2D eigenvalue weighted by molar-refractivity contribution is -0.170. The van der Waals surface area contributed by atoms with Gasteiger partial charge in [-0.2, -0.15) is 18.3 Å². The van der Waals surface area contributed by atoms with Crippen LogP contribution in [0.25, 0.3) is 10.9 Å². The highest BCUT2D eigenvalue weighted by Gasteiger charge is 2.45. The molecule has 6 aromatic rings. The Morgan fingerprint density at radius 3 is 1.84 bits per heavy atom. The van der Waals surface area contributed by atoms with E-state index in [-0.39, 0.29) is 5.69 Å². The molecule has 0 N–H and O–H groups in total. The van der Waals surface area contributed by atoms with Gasteiger partial charge in [-0.25, -0.2) is 9.07 Å². The molecule has 1 amide bonds. The molecule has 248 valence electrons. The predicted octanol–water partition coefficient (Wildman–Crippen LogP) is 9.55. The van der Waals surface area contributed by atoms with E-state index in [4.69, 9.17) is 5.10 Å². The van der Waals surface area contributed by atoms with Crippen LogP contribution in [0.2, 0.25) is 0 Å². The van der Waals surface area contributed by atoms with Crippen molar-refractivity contribution in [1.29, 1.82) is 0 Å². The topological polar surface area (TPSA) is 51.0 Å². The van der Waals surface area contributed by atoms with Crippen molar-refractivity contribution >= 4 is 22.5 Å². The molecule has 5 nitrogen and oxygen atoms in total. The Labute approximate surface area is 281 Å². The van der Waals surface area contributed by atoms with E-state index in [2.05, 4.69) is 4.98 Å². The zero-order valence-corrected chi connectivity index (χ0v) is 26.7. The Kier molecular flexibility index (Phi) is 8.75. The first-order valence-corrected chi connectivity index (χ1v) is 16.4. The molecule has 49 heavy (non-hydrogen) atoms. The molecule has 0 aliphatic heterocycles. The minimum atomic E-state index is -5.26. The second kappa shape index (κ2) is 13.3. The summed E-state index contributed by atoms with van der Waals surface area (Å²) in [4.78, 5) is 17.9. The molecule has 1 aliphatic carbocycles. The van der Waals surface area contributed by atoms with E-state index in [0.29, 0.717) is 21.7 Å². The van der Waals surface area contributed by atoms with Crippen molar-refractivity contribution in [2.45, 2.75) is 56.3 Å². The summed E-state index contributed by atoms with van der Waals surface area (Å²) in [7, 11) is 0. The third kappa shape index (κ3) is 6.09. The van der Waals surface area contributed by atoms with Crippen molar-refractivity contribution in [3.63, 3.8) is 0 Å². The SMILES string of the molecule is O=C(N(Cc1ccc(C2CCCCC2)cn1)c1cc2c(cnn2C(c2ccccc2)(c2ccccc2)c2ccccc2)cc1F)C(F)(F)F. The fraction of sp³-hybridized carbons (Fsp3) is 0.225. The summed E-state index contributed by atoms with van der Waals surface area (Å²) in [5, 5.41) is 5.15. The Morgan fingerprint density at radius 1 is 0.755 bits per heavy atom. The van der Waals surface area contributed by atoms with Crippen LogP contribution < -0.4 is 4.90 Å². The normalized spacial score (nSPS) is 14.2. The van der Waals surface area contributed by atoms with Crippen LogP contribution in [0.15, 0.2) is 128 Å². The lowest BCUT2D eigenvalue weighted by Gasteiger charge is -2.37. The number of carbonyl (C=O) groups excluding carboxylic acids is 1. The predicted molar refractivity (Wildman–Crippen MR) is 182 cm³/mol. The number of anilines is 1. The van der Waals surface area contributed by atoms with E-state index < -0.39 is 35.7 Å². The summed E-state index contributed by atoms with van der Waals surface area (Å²) >= 11 is 0. The van der Waals surface area contributed by atoms with Gasteiger partial charge >= 0.3 is 12.1 Å². The number of hydrogen-bond acceptors (Lipinski definition) is 3. The average molecular weight is 663 g/mol. The van der Waals surface area contributed by atoms with Crippen LogP contribution in [0.5, 0.6) is 0 Å². The van der Waals surface area contributed by atoms with Crippen molar-refractivity contribution in [1.82, 2.24) is 14.8 Å². The number of benzene rings is 4. The van der Waals surface area contributed by atoms with E-state index in [1.54, 1.807) is 16.9 Å². The molecular weight excluding hydrogens is 628 g/mol. The van der Waals surface area contributed by atoms with Crippen LogP contribution >= 0.6 is 0 Å². The molecule has 0 atom stereocenters. The second-order valence-electron chi connectivity index (χ2n) is 12.5. The lowest BCUT2D eigenvalue weighted by atomic mass is 9.77. The molecule has 0 bridgehead atoms. The highest BCUT2D eigenvalue weighted by Crippen LogP contribution is 2.43. The molecule has 1 saturated carbocycles. The number of pyridine rings is 1. The molecular formula is C40H34F4N4O. The molecule has 9 heteroatoms. The second-order valence-corrected chi connectivity index (χ2v) is 12.5. The molecule has 2 heterocycles. The van der Waals surface area contributed by atoms with Gasteiger partial charge in [-0.15, -0.1) is 0 Å². The standard InChI is InChI=1S/C40H34F4N4O/c41-35-23-30-26-46-48(39(31-15-7-2-8-16-31,32-17-9-3-10-18-32)33-19-11-4-12-20-33)36(30)24-37(35)47(38(49)40(42,43)44)27-34-22-21-29(25-45-34)28-13-5-1-6-14-28/h2-4,7-12,15-26,28H,1,5-6,13-14,27H2. The number of amides is 1. The van der Waals surface area contributed by atoms with Crippen LogP contribution in [0.3, 0.4) is 0 Å². The van der Waals surface area contributed by atoms with Gasteiger partial charge in [0.05, 0.1) is 29.6 Å². The van der Waals surface area contributed by atoms with Gasteiger partial charge in [0.2, 0.25) is 0 Å². The maximum absolute atomic E-state index is 16.0. The number of alkyl halides is 3. The maximum Gasteiger partial charge on any atom is 0.471 e. The molecule has 0 unspecified atom stereocenters. The van der Waals surface area contributed by atoms with Crippen molar-refractivity contribution in [3.8, 4) is 0 Å². The Bertz CT molecular complexity index is 1940. The van der Waals surface area contributed by atoms with Gasteiger partial charge in [0.25, 0.3) is 0 Å². The fourth-order valence-corrected chi connectivity index (χ4v) is 7.20. The molecule has 4 aromatic carbocycles. The number of aromatic nitrogens is 3. The minimum absolute atomic E-state index is 0.220. The summed E-state index contributed by atoms with van der Waals surface area (Å²) < 4.78 is 60.2. The largest absolute Gasteiger partial charge is 0.471 e. The maximum atomic E-state index is 16.0. The van der Waals surface area contributed by atoms with Crippen LogP contribution in [0, 0.1) is 5.82 Å². The third-order valence-electron chi connectivity index (χ3n) is 9.55. The molecule has 0 saturated heterocycles. The zero-order chi connectivity index (χ0) is 34.0. The van der Waals surface area contributed by atoms with E-state index >= 15 is 4.39 Å². The Hall–Kier alpha value is -5.31. The Morgan fingerprint density at radius 2 is 1.33 bits per heavy atom. The number of nitrogens with zero attached hydrogens (tertiary/aromatic N) is 4. The van der Waals surface area contributed by atoms with Crippen LogP contribution in [-0.2, 0) is 16.9 Å². The summed E-state index contributed by atoms with van der Waals surface area (Å²) in [6.45, 7) is -0.568. The molecule has 1 fully saturated rings. The summed E-state index contributed by atoms with van der Waals surface area (Å²) in [5.41, 5.74) is 2.43. The number of carbonyl (C=O) groups is 1. The number of rotatable bonds is 8. The van der Waals surface area contributed by atoms with Crippen LogP contribution in [0.4, 0.5) is 23.2 Å². The van der Waals surface area contributed by atoms with E-state index in [1.807, 2.05) is 97.1 Å². The van der Waals surface area contributed by atoms with Gasteiger partial charge in [-0.1, -0.05) is 116 Å². The molecule has 0 spiro atoms. The first-order chi connectivity index (χ1) is 23.8. The number of fused-ring (bicyclic) bond motifs is 1. The zero-order valence-electron chi connectivity index (χ0n) is 26.7. The third-order valence-corrected chi connectivity index (χ3v) is 9.55. The monoisotopic (exact) mass is 662 g/mol. The smallest absolute Gasteiger partial charge is 0.296 e. The van der Waals surface area contributed by atoms with E-state index in [1.165, 1.54) is 18.7 Å². The van der Waals surface area contributed by atoms with Gasteiger partial charge < -0.3 is 0 Å². The number of hydrogen-bond donors (Lipinski definition) is 0. The highest BCUT2D eigenvalue weighted by atomic mass is 19.4. The highest BCUT2D eigenvalue weighted by molar-refractivity contribution is 5.99. The average Bonchev–Trinajstić information content (AvgIpc) is 3.54. The lowest BCUT2D eigenvalue weighted by Crippen LogP contribution is -2.41. The Balaban J connectivity index is 1.40. The van der Waals surface area contributed by atoms with Gasteiger partial charge in [0.15, 0.2) is 0 Å². The summed E-state index contributed by atoms with van der Waals surface area (Å²) in [6, 6.07) is 34.8. The van der Waals surface area contributed by atoms with E-state index in [9.17, 15) is 18.0 Å². The van der Waals surface area contributed by atoms with E-state index in [0.717, 1.165) is 54.0 Å². The quantitative estimate of drug-likeness (QED) is 0.121. The fourth-order valence-electron chi connectivity index (χ4n) is 7.20. The summed E-state index contributed by atoms with van der Waals surface area (Å²) in [5.74, 6) is -2.81. The van der Waals surface area contributed by atoms with Crippen molar-refractivity contribution in [2.75, 3.05) is 4.90 Å². The summed E-state index contributed by atoms with van der Waals surface area (Å²) in [6.07, 6.45) is 3.42. The first kappa shape index (κ1) is 32.2. The van der Waals surface area contributed by atoms with Gasteiger partial charge in [0, 0.05) is 11.6 Å². The van der Waals surface area contributed by atoms with Crippen LogP contribution in [-0.4, -0.2) is 26.8 Å². The minimum Gasteiger partial charge on any atom is -0.296 e. The van der Waals surface area contributed by atoms with Crippen molar-refractivity contribution in [3.05, 3.63) is 161 Å². The van der Waals surface area contributed by atoms with Crippen molar-refractivity contribution in [2.24, 2.45) is 0 Å². The molecule has 0 radical (unpaired) electrons.